The molecule has 0 unspecified atom stereocenters. The van der Waals surface area contributed by atoms with Crippen LogP contribution >= 0.6 is 0 Å². The van der Waals surface area contributed by atoms with Crippen LogP contribution in [0.15, 0.2) is 18.2 Å². The first-order valence-electron chi connectivity index (χ1n) is 4.63. The topological polar surface area (TPSA) is 40.9 Å². The first-order valence-corrected chi connectivity index (χ1v) is 4.63. The quantitative estimate of drug-likeness (QED) is 0.711. The molecule has 15 heavy (non-hydrogen) atoms. The van der Waals surface area contributed by atoms with Crippen LogP contribution in [-0.4, -0.2) is 6.29 Å². The van der Waals surface area contributed by atoms with Crippen LogP contribution in [0.25, 0.3) is 0 Å². The predicted octanol–water partition coefficient (Wildman–Crippen LogP) is 2.46. The van der Waals surface area contributed by atoms with Gasteiger partial charge in [-0.15, -0.1) is 0 Å². The van der Waals surface area contributed by atoms with Crippen LogP contribution in [0, 0.1) is 22.6 Å². The summed E-state index contributed by atoms with van der Waals surface area (Å²) in [4.78, 5) is 10.7. The highest BCUT2D eigenvalue weighted by atomic mass is 19.1. The van der Waals surface area contributed by atoms with Gasteiger partial charge >= 0.3 is 0 Å². The van der Waals surface area contributed by atoms with Crippen molar-refractivity contribution >= 4 is 6.29 Å². The largest absolute Gasteiger partial charge is 0.303 e. The zero-order chi connectivity index (χ0) is 11.5. The molecule has 1 aromatic rings. The summed E-state index contributed by atoms with van der Waals surface area (Å²) in [6.07, 6.45) is 1.29. The van der Waals surface area contributed by atoms with Crippen molar-refractivity contribution in [1.29, 1.82) is 5.26 Å². The van der Waals surface area contributed by atoms with Crippen molar-refractivity contribution in [2.24, 2.45) is 5.41 Å². The summed E-state index contributed by atoms with van der Waals surface area (Å²) in [7, 11) is 0. The minimum atomic E-state index is -0.524. The van der Waals surface area contributed by atoms with Crippen molar-refractivity contribution < 1.29 is 9.18 Å². The average molecular weight is 205 g/mol. The minimum Gasteiger partial charge on any atom is -0.303 e. The normalized spacial score (nSPS) is 10.8. The Morgan fingerprint density at radius 2 is 2.20 bits per heavy atom. The molecule has 0 aliphatic carbocycles. The van der Waals surface area contributed by atoms with E-state index in [9.17, 15) is 9.18 Å². The van der Waals surface area contributed by atoms with E-state index in [4.69, 9.17) is 5.26 Å². The van der Waals surface area contributed by atoms with Gasteiger partial charge in [-0.3, -0.25) is 0 Å². The molecule has 0 amide bonds. The molecule has 2 nitrogen and oxygen atoms in total. The van der Waals surface area contributed by atoms with Crippen LogP contribution < -0.4 is 0 Å². The molecule has 0 aliphatic heterocycles. The highest BCUT2D eigenvalue weighted by Crippen LogP contribution is 2.21. The van der Waals surface area contributed by atoms with Gasteiger partial charge in [0.2, 0.25) is 0 Å². The molecule has 78 valence electrons. The third-order valence-corrected chi connectivity index (χ3v) is 2.16. The first-order chi connectivity index (χ1) is 6.98. The highest BCUT2D eigenvalue weighted by Gasteiger charge is 2.19. The summed E-state index contributed by atoms with van der Waals surface area (Å²) < 4.78 is 12.8. The first kappa shape index (κ1) is 11.4. The van der Waals surface area contributed by atoms with E-state index in [0.29, 0.717) is 17.5 Å². The summed E-state index contributed by atoms with van der Waals surface area (Å²) in [6, 6.07) is 5.98. The van der Waals surface area contributed by atoms with E-state index in [-0.39, 0.29) is 0 Å². The smallest absolute Gasteiger partial charge is 0.125 e. The van der Waals surface area contributed by atoms with Gasteiger partial charge < -0.3 is 4.79 Å². The van der Waals surface area contributed by atoms with Crippen molar-refractivity contribution in [2.45, 2.75) is 20.3 Å². The Labute approximate surface area is 88.3 Å². The van der Waals surface area contributed by atoms with Crippen LogP contribution in [0.1, 0.15) is 25.0 Å². The van der Waals surface area contributed by atoms with Gasteiger partial charge in [-0.1, -0.05) is 19.9 Å². The summed E-state index contributed by atoms with van der Waals surface area (Å²) >= 11 is 0. The maximum Gasteiger partial charge on any atom is 0.125 e. The van der Waals surface area contributed by atoms with E-state index in [0.717, 1.165) is 6.29 Å². The molecule has 0 saturated heterocycles. The molecule has 0 bridgehead atoms. The maximum atomic E-state index is 12.8. The SMILES string of the molecule is CC(C)(C=O)Cc1ccc(F)cc1C#N. The molecule has 0 fully saturated rings. The third kappa shape index (κ3) is 2.88. The lowest BCUT2D eigenvalue weighted by Gasteiger charge is -2.17. The van der Waals surface area contributed by atoms with Gasteiger partial charge in [-0.05, 0) is 24.1 Å². The van der Waals surface area contributed by atoms with Crippen molar-refractivity contribution in [2.75, 3.05) is 0 Å². The van der Waals surface area contributed by atoms with Crippen LogP contribution in [0.4, 0.5) is 4.39 Å². The van der Waals surface area contributed by atoms with Crippen LogP contribution in [-0.2, 0) is 11.2 Å². The monoisotopic (exact) mass is 205 g/mol. The standard InChI is InChI=1S/C12H12FNO/c1-12(2,8-15)6-9-3-4-11(13)5-10(9)7-14/h3-5,8H,6H2,1-2H3. The fourth-order valence-electron chi connectivity index (χ4n) is 1.34. The number of nitriles is 1. The van der Waals surface area contributed by atoms with E-state index in [1.165, 1.54) is 12.1 Å². The summed E-state index contributed by atoms with van der Waals surface area (Å²) in [5.41, 5.74) is 0.476. The molecule has 0 saturated carbocycles. The lowest BCUT2D eigenvalue weighted by Crippen LogP contribution is -2.17. The maximum absolute atomic E-state index is 12.8. The van der Waals surface area contributed by atoms with Gasteiger partial charge in [0.25, 0.3) is 0 Å². The van der Waals surface area contributed by atoms with Crippen molar-refractivity contribution in [3.05, 3.63) is 35.1 Å². The zero-order valence-corrected chi connectivity index (χ0v) is 8.75. The van der Waals surface area contributed by atoms with Crippen molar-refractivity contribution in [3.8, 4) is 6.07 Å². The number of carbonyl (C=O) groups is 1. The molecule has 0 atom stereocenters. The van der Waals surface area contributed by atoms with Crippen LogP contribution in [0.2, 0.25) is 0 Å². The molecule has 0 N–H and O–H groups in total. The number of halogens is 1. The van der Waals surface area contributed by atoms with Gasteiger partial charge in [-0.25, -0.2) is 4.39 Å². The zero-order valence-electron chi connectivity index (χ0n) is 8.75. The van der Waals surface area contributed by atoms with Crippen molar-refractivity contribution in [1.82, 2.24) is 0 Å². The van der Waals surface area contributed by atoms with E-state index < -0.39 is 11.2 Å². The Balaban J connectivity index is 3.06. The minimum absolute atomic E-state index is 0.296. The second-order valence-electron chi connectivity index (χ2n) is 4.20. The van der Waals surface area contributed by atoms with Gasteiger partial charge in [0.15, 0.2) is 0 Å². The Bertz CT molecular complexity index is 418. The van der Waals surface area contributed by atoms with Gasteiger partial charge in [0.05, 0.1) is 11.6 Å². The van der Waals surface area contributed by atoms with E-state index in [1.54, 1.807) is 19.9 Å². The number of benzene rings is 1. The molecule has 0 spiro atoms. The van der Waals surface area contributed by atoms with Gasteiger partial charge in [0, 0.05) is 5.41 Å². The fourth-order valence-corrected chi connectivity index (χ4v) is 1.34. The second kappa shape index (κ2) is 4.22. The Hall–Kier alpha value is -1.69. The molecular formula is C12H12FNO. The number of nitrogens with zero attached hydrogens (tertiary/aromatic N) is 1. The average Bonchev–Trinajstić information content (AvgIpc) is 2.20. The van der Waals surface area contributed by atoms with E-state index in [2.05, 4.69) is 0 Å². The highest BCUT2D eigenvalue weighted by molar-refractivity contribution is 5.59. The Morgan fingerprint density at radius 1 is 1.53 bits per heavy atom. The van der Waals surface area contributed by atoms with Gasteiger partial charge in [-0.2, -0.15) is 5.26 Å². The van der Waals surface area contributed by atoms with Crippen LogP contribution in [0.3, 0.4) is 0 Å². The van der Waals surface area contributed by atoms with Crippen LogP contribution in [0.5, 0.6) is 0 Å². The Morgan fingerprint density at radius 3 is 2.73 bits per heavy atom. The molecule has 0 aliphatic rings. The van der Waals surface area contributed by atoms with Gasteiger partial charge in [0.1, 0.15) is 12.1 Å². The summed E-state index contributed by atoms with van der Waals surface area (Å²) in [5.74, 6) is -0.431. The predicted molar refractivity (Wildman–Crippen MR) is 54.7 cm³/mol. The molecule has 0 radical (unpaired) electrons. The molecule has 0 aromatic heterocycles. The number of hydrogen-bond donors (Lipinski definition) is 0. The molecule has 0 heterocycles. The summed E-state index contributed by atoms with van der Waals surface area (Å²) in [6.45, 7) is 3.56. The molecule has 1 rings (SSSR count). The third-order valence-electron chi connectivity index (χ3n) is 2.16. The second-order valence-corrected chi connectivity index (χ2v) is 4.20. The lowest BCUT2D eigenvalue weighted by atomic mass is 9.86. The number of hydrogen-bond acceptors (Lipinski definition) is 2. The fraction of sp³-hybridized carbons (Fsp3) is 0.333. The number of carbonyl (C=O) groups excluding carboxylic acids is 1. The number of aldehydes is 1. The number of rotatable bonds is 3. The molecule has 1 aromatic carbocycles. The lowest BCUT2D eigenvalue weighted by molar-refractivity contribution is -0.114. The Kier molecular flexibility index (Phi) is 3.21. The van der Waals surface area contributed by atoms with Crippen molar-refractivity contribution in [3.63, 3.8) is 0 Å². The van der Waals surface area contributed by atoms with E-state index >= 15 is 0 Å². The summed E-state index contributed by atoms with van der Waals surface area (Å²) in [5, 5.41) is 8.81. The molecule has 3 heteroatoms. The van der Waals surface area contributed by atoms with E-state index in [1.807, 2.05) is 6.07 Å². The molecular weight excluding hydrogens is 193 g/mol.